The number of ether oxygens (including phenoxy) is 1. The van der Waals surface area contributed by atoms with Crippen molar-refractivity contribution in [1.29, 1.82) is 5.26 Å². The first kappa shape index (κ1) is 23.2. The number of amides is 2. The molecule has 8 heteroatoms. The zero-order valence-corrected chi connectivity index (χ0v) is 18.5. The number of nitrogens with one attached hydrogen (secondary N) is 1. The third-order valence-electron chi connectivity index (χ3n) is 5.13. The van der Waals surface area contributed by atoms with Crippen LogP contribution in [0.2, 0.25) is 0 Å². The summed E-state index contributed by atoms with van der Waals surface area (Å²) >= 11 is 0. The van der Waals surface area contributed by atoms with Crippen molar-refractivity contribution >= 4 is 12.0 Å². The number of benzene rings is 1. The largest absolute Gasteiger partial charge is 0.444 e. The molecule has 1 atom stereocenters. The molecule has 32 heavy (non-hydrogen) atoms. The lowest BCUT2D eigenvalue weighted by molar-refractivity contribution is -0.125. The van der Waals surface area contributed by atoms with E-state index in [1.54, 1.807) is 51.1 Å². The summed E-state index contributed by atoms with van der Waals surface area (Å²) in [5, 5.41) is 12.3. The molecule has 1 aliphatic rings. The maximum atomic E-state index is 12.8. The van der Waals surface area contributed by atoms with Gasteiger partial charge in [0.25, 0.3) is 0 Å². The van der Waals surface area contributed by atoms with E-state index in [1.165, 1.54) is 11.1 Å². The zero-order valence-electron chi connectivity index (χ0n) is 18.5. The molecule has 1 saturated heterocycles. The van der Waals surface area contributed by atoms with E-state index in [-0.39, 0.29) is 12.5 Å². The van der Waals surface area contributed by atoms with Crippen LogP contribution in [0.15, 0.2) is 36.5 Å². The summed E-state index contributed by atoms with van der Waals surface area (Å²) in [7, 11) is 0. The number of rotatable bonds is 5. The maximum absolute atomic E-state index is 12.8. The van der Waals surface area contributed by atoms with Crippen molar-refractivity contribution in [2.45, 2.75) is 58.5 Å². The molecule has 0 unspecified atom stereocenters. The molecule has 2 heterocycles. The molecule has 0 saturated carbocycles. The van der Waals surface area contributed by atoms with Crippen LogP contribution in [0.1, 0.15) is 50.4 Å². The molecule has 1 aromatic carbocycles. The number of hydrogen-bond acceptors (Lipinski definition) is 5. The van der Waals surface area contributed by atoms with Crippen LogP contribution < -0.4 is 5.32 Å². The Morgan fingerprint density at radius 2 is 2.03 bits per heavy atom. The number of carbonyl (C=O) groups excluding carboxylic acids is 2. The van der Waals surface area contributed by atoms with Gasteiger partial charge in [-0.25, -0.2) is 9.18 Å². The van der Waals surface area contributed by atoms with Gasteiger partial charge in [0.15, 0.2) is 0 Å². The summed E-state index contributed by atoms with van der Waals surface area (Å²) in [6, 6.07) is 10.1. The molecule has 0 spiro atoms. The number of carbonyl (C=O) groups is 2. The highest BCUT2D eigenvalue weighted by atomic mass is 19.1. The van der Waals surface area contributed by atoms with Crippen molar-refractivity contribution in [3.63, 3.8) is 0 Å². The van der Waals surface area contributed by atoms with Gasteiger partial charge in [-0.15, -0.1) is 0 Å². The molecule has 0 radical (unpaired) electrons. The third kappa shape index (κ3) is 5.61. The van der Waals surface area contributed by atoms with Gasteiger partial charge in [0, 0.05) is 18.3 Å². The monoisotopic (exact) mass is 438 g/mol. The molecular weight excluding hydrogens is 411 g/mol. The van der Waals surface area contributed by atoms with E-state index in [9.17, 15) is 19.2 Å². The van der Waals surface area contributed by atoms with E-state index in [4.69, 9.17) is 4.74 Å². The van der Waals surface area contributed by atoms with Gasteiger partial charge in [-0.05, 0) is 50.8 Å². The quantitative estimate of drug-likeness (QED) is 0.758. The minimum Gasteiger partial charge on any atom is -0.444 e. The molecular formula is C24H27FN4O3. The fraction of sp³-hybridized carbons (Fsp3) is 0.417. The van der Waals surface area contributed by atoms with Gasteiger partial charge in [0.1, 0.15) is 24.4 Å². The fourth-order valence-corrected chi connectivity index (χ4v) is 3.57. The molecule has 2 amide bonds. The van der Waals surface area contributed by atoms with Crippen molar-refractivity contribution in [2.75, 3.05) is 6.54 Å². The molecule has 2 aromatic rings. The van der Waals surface area contributed by atoms with E-state index in [0.717, 1.165) is 12.0 Å². The molecule has 168 valence electrons. The number of hydrogen-bond donors (Lipinski definition) is 1. The van der Waals surface area contributed by atoms with Crippen LogP contribution in [0, 0.1) is 11.3 Å². The predicted octanol–water partition coefficient (Wildman–Crippen LogP) is 4.11. The maximum Gasteiger partial charge on any atom is 0.410 e. The van der Waals surface area contributed by atoms with Gasteiger partial charge < -0.3 is 10.1 Å². The van der Waals surface area contributed by atoms with Gasteiger partial charge in [-0.1, -0.05) is 24.3 Å². The normalized spacial score (nSPS) is 15.8. The topological polar surface area (TPSA) is 95.3 Å². The summed E-state index contributed by atoms with van der Waals surface area (Å²) in [5.41, 5.74) is 2.31. The Balaban J connectivity index is 1.70. The van der Waals surface area contributed by atoms with E-state index >= 15 is 0 Å². The summed E-state index contributed by atoms with van der Waals surface area (Å²) in [6.45, 7) is 5.43. The Labute approximate surface area is 187 Å². The standard InChI is InChI=1S/C24H27FN4O3/c1-24(2,3)32-23(31)29-10-4-5-21(29)22(30)28-15-19-11-20(18(13-26)14-27-19)17-8-6-16(12-25)7-9-17/h6-9,11,14,21H,4-5,10,12,15H2,1-3H3,(H,28,30)/t21-/m0/s1. The summed E-state index contributed by atoms with van der Waals surface area (Å²) in [5.74, 6) is -0.270. The van der Waals surface area contributed by atoms with Crippen LogP contribution in [-0.2, 0) is 22.8 Å². The summed E-state index contributed by atoms with van der Waals surface area (Å²) < 4.78 is 18.2. The minimum absolute atomic E-state index is 0.152. The van der Waals surface area contributed by atoms with Crippen LogP contribution in [0.3, 0.4) is 0 Å². The van der Waals surface area contributed by atoms with Gasteiger partial charge in [-0.3, -0.25) is 14.7 Å². The number of halogens is 1. The van der Waals surface area contributed by atoms with E-state index in [1.807, 2.05) is 0 Å². The lowest BCUT2D eigenvalue weighted by Crippen LogP contribution is -2.47. The molecule has 7 nitrogen and oxygen atoms in total. The second-order valence-electron chi connectivity index (χ2n) is 8.71. The van der Waals surface area contributed by atoms with Crippen LogP contribution >= 0.6 is 0 Å². The van der Waals surface area contributed by atoms with E-state index < -0.39 is 24.4 Å². The molecule has 0 aliphatic carbocycles. The first-order valence-corrected chi connectivity index (χ1v) is 10.5. The van der Waals surface area contributed by atoms with Crippen molar-refractivity contribution in [3.05, 3.63) is 53.3 Å². The van der Waals surface area contributed by atoms with Crippen molar-refractivity contribution in [2.24, 2.45) is 0 Å². The predicted molar refractivity (Wildman–Crippen MR) is 117 cm³/mol. The lowest BCUT2D eigenvalue weighted by atomic mass is 10.00. The van der Waals surface area contributed by atoms with Crippen LogP contribution in [-0.4, -0.2) is 40.1 Å². The highest BCUT2D eigenvalue weighted by molar-refractivity contribution is 5.86. The minimum atomic E-state index is -0.633. The van der Waals surface area contributed by atoms with Gasteiger partial charge in [0.05, 0.1) is 17.8 Å². The zero-order chi connectivity index (χ0) is 23.3. The molecule has 0 bridgehead atoms. The Kier molecular flexibility index (Phi) is 7.08. The number of nitrogens with zero attached hydrogens (tertiary/aromatic N) is 3. The first-order chi connectivity index (χ1) is 15.2. The highest BCUT2D eigenvalue weighted by Gasteiger charge is 2.36. The van der Waals surface area contributed by atoms with Gasteiger partial charge in [-0.2, -0.15) is 5.26 Å². The molecule has 1 aliphatic heterocycles. The van der Waals surface area contributed by atoms with Gasteiger partial charge >= 0.3 is 6.09 Å². The Bertz CT molecular complexity index is 1030. The number of aromatic nitrogens is 1. The van der Waals surface area contributed by atoms with Gasteiger partial charge in [0.2, 0.25) is 5.91 Å². The smallest absolute Gasteiger partial charge is 0.410 e. The second kappa shape index (κ2) is 9.77. The SMILES string of the molecule is CC(C)(C)OC(=O)N1CCC[C@H]1C(=O)NCc1cc(-c2ccc(CF)cc2)c(C#N)cn1. The Hall–Kier alpha value is -3.47. The molecule has 1 fully saturated rings. The van der Waals surface area contributed by atoms with Crippen LogP contribution in [0.4, 0.5) is 9.18 Å². The van der Waals surface area contributed by atoms with Crippen LogP contribution in [0.25, 0.3) is 11.1 Å². The molecule has 1 aromatic heterocycles. The average molecular weight is 439 g/mol. The second-order valence-corrected chi connectivity index (χ2v) is 8.71. The molecule has 1 N–H and O–H groups in total. The highest BCUT2D eigenvalue weighted by Crippen LogP contribution is 2.25. The van der Waals surface area contributed by atoms with Crippen molar-refractivity contribution < 1.29 is 18.7 Å². The number of likely N-dealkylation sites (tertiary alicyclic amines) is 1. The van der Waals surface area contributed by atoms with Crippen molar-refractivity contribution in [3.8, 4) is 17.2 Å². The van der Waals surface area contributed by atoms with Crippen molar-refractivity contribution in [1.82, 2.24) is 15.2 Å². The third-order valence-corrected chi connectivity index (χ3v) is 5.13. The summed E-state index contributed by atoms with van der Waals surface area (Å²) in [4.78, 5) is 30.9. The fourth-order valence-electron chi connectivity index (χ4n) is 3.57. The average Bonchev–Trinajstić information content (AvgIpc) is 3.26. The molecule has 3 rings (SSSR count). The van der Waals surface area contributed by atoms with E-state index in [2.05, 4.69) is 16.4 Å². The first-order valence-electron chi connectivity index (χ1n) is 10.5. The number of alkyl halides is 1. The number of pyridine rings is 1. The lowest BCUT2D eigenvalue weighted by Gasteiger charge is -2.28. The Morgan fingerprint density at radius 3 is 2.66 bits per heavy atom. The Morgan fingerprint density at radius 1 is 1.31 bits per heavy atom. The van der Waals surface area contributed by atoms with E-state index in [0.29, 0.717) is 35.3 Å². The van der Waals surface area contributed by atoms with Crippen LogP contribution in [0.5, 0.6) is 0 Å². The summed E-state index contributed by atoms with van der Waals surface area (Å²) in [6.07, 6.45) is 2.26. The number of nitriles is 1.